The molecule has 0 bridgehead atoms. The number of benzene rings is 2. The second-order valence-corrected chi connectivity index (χ2v) is 8.12. The van der Waals surface area contributed by atoms with Crippen molar-refractivity contribution in [1.82, 2.24) is 4.90 Å². The van der Waals surface area contributed by atoms with Gasteiger partial charge in [0.2, 0.25) is 0 Å². The number of piperidine rings is 1. The van der Waals surface area contributed by atoms with Crippen LogP contribution in [0.25, 0.3) is 0 Å². The molecule has 1 saturated heterocycles. The van der Waals surface area contributed by atoms with Crippen LogP contribution >= 0.6 is 0 Å². The van der Waals surface area contributed by atoms with E-state index in [0.29, 0.717) is 17.4 Å². The first-order chi connectivity index (χ1) is 13.0. The standard InChI is InChI=1S/C20H24FN3O2S/c1-22-11-9-17(10-12-22)23-13-8-15-2-5-19(14-20(15)23)24(27(25)26)18-6-3-16(21)4-7-18/h2-7,14,17H,8-13H2,1H3,(H,25,26). The molecule has 7 heteroatoms. The maximum atomic E-state index is 13.3. The molecule has 144 valence electrons. The highest BCUT2D eigenvalue weighted by atomic mass is 32.2. The fraction of sp³-hybridized carbons (Fsp3) is 0.400. The van der Waals surface area contributed by atoms with Gasteiger partial charge in [0.1, 0.15) is 5.82 Å². The number of anilines is 3. The average molecular weight is 389 g/mol. The van der Waals surface area contributed by atoms with Crippen LogP contribution in [-0.4, -0.2) is 46.4 Å². The fourth-order valence-electron chi connectivity index (χ4n) is 4.11. The van der Waals surface area contributed by atoms with Gasteiger partial charge in [-0.05, 0) is 81.4 Å². The van der Waals surface area contributed by atoms with Crippen molar-refractivity contribution in [3.05, 3.63) is 53.8 Å². The highest BCUT2D eigenvalue weighted by Gasteiger charge is 2.29. The number of likely N-dealkylation sites (tertiary alicyclic amines) is 1. The number of fused-ring (bicyclic) bond motifs is 1. The van der Waals surface area contributed by atoms with Crippen LogP contribution in [0, 0.1) is 5.82 Å². The zero-order chi connectivity index (χ0) is 19.0. The van der Waals surface area contributed by atoms with Gasteiger partial charge in [-0.25, -0.2) is 12.9 Å². The monoisotopic (exact) mass is 389 g/mol. The molecule has 2 aliphatic heterocycles. The van der Waals surface area contributed by atoms with Gasteiger partial charge in [0, 0.05) is 18.3 Å². The molecule has 4 rings (SSSR count). The molecule has 1 unspecified atom stereocenters. The Hall–Kier alpha value is -1.96. The van der Waals surface area contributed by atoms with E-state index in [1.54, 1.807) is 0 Å². The summed E-state index contributed by atoms with van der Waals surface area (Å²) < 4.78 is 36.5. The van der Waals surface area contributed by atoms with E-state index in [1.807, 2.05) is 18.2 Å². The van der Waals surface area contributed by atoms with E-state index in [4.69, 9.17) is 0 Å². The van der Waals surface area contributed by atoms with Gasteiger partial charge in [-0.1, -0.05) is 6.07 Å². The highest BCUT2D eigenvalue weighted by molar-refractivity contribution is 7.81. The number of halogens is 1. The predicted molar refractivity (Wildman–Crippen MR) is 107 cm³/mol. The van der Waals surface area contributed by atoms with Crippen LogP contribution in [-0.2, 0) is 17.7 Å². The van der Waals surface area contributed by atoms with E-state index in [1.165, 1.54) is 34.1 Å². The Labute approximate surface area is 161 Å². The van der Waals surface area contributed by atoms with Crippen LogP contribution in [0.5, 0.6) is 0 Å². The molecule has 0 aromatic heterocycles. The molecular weight excluding hydrogens is 365 g/mol. The predicted octanol–water partition coefficient (Wildman–Crippen LogP) is 3.56. The smallest absolute Gasteiger partial charge is 0.266 e. The Balaban J connectivity index is 1.65. The molecule has 0 spiro atoms. The molecule has 27 heavy (non-hydrogen) atoms. The molecule has 2 aliphatic rings. The number of rotatable bonds is 4. The number of nitrogens with zero attached hydrogens (tertiary/aromatic N) is 3. The van der Waals surface area contributed by atoms with Crippen LogP contribution in [0.2, 0.25) is 0 Å². The third kappa shape index (κ3) is 3.72. The van der Waals surface area contributed by atoms with Gasteiger partial charge in [-0.3, -0.25) is 4.55 Å². The molecule has 0 radical (unpaired) electrons. The van der Waals surface area contributed by atoms with E-state index >= 15 is 0 Å². The summed E-state index contributed by atoms with van der Waals surface area (Å²) in [5, 5.41) is 0. The van der Waals surface area contributed by atoms with Gasteiger partial charge in [-0.2, -0.15) is 0 Å². The van der Waals surface area contributed by atoms with Crippen molar-refractivity contribution in [1.29, 1.82) is 0 Å². The molecule has 5 nitrogen and oxygen atoms in total. The van der Waals surface area contributed by atoms with Crippen molar-refractivity contribution in [2.45, 2.75) is 25.3 Å². The first-order valence-corrected chi connectivity index (χ1v) is 10.3. The van der Waals surface area contributed by atoms with E-state index in [-0.39, 0.29) is 5.82 Å². The van der Waals surface area contributed by atoms with Crippen LogP contribution < -0.4 is 9.21 Å². The number of hydrogen-bond donors (Lipinski definition) is 1. The molecule has 0 saturated carbocycles. The van der Waals surface area contributed by atoms with Crippen molar-refractivity contribution in [3.8, 4) is 0 Å². The van der Waals surface area contributed by atoms with E-state index in [0.717, 1.165) is 44.6 Å². The Morgan fingerprint density at radius 2 is 1.74 bits per heavy atom. The van der Waals surface area contributed by atoms with Gasteiger partial charge in [0.15, 0.2) is 0 Å². The lowest BCUT2D eigenvalue weighted by Gasteiger charge is -2.37. The van der Waals surface area contributed by atoms with Crippen molar-refractivity contribution in [2.75, 3.05) is 35.9 Å². The second-order valence-electron chi connectivity index (χ2n) is 7.29. The second kappa shape index (κ2) is 7.58. The van der Waals surface area contributed by atoms with Crippen LogP contribution in [0.3, 0.4) is 0 Å². The zero-order valence-corrected chi connectivity index (χ0v) is 16.2. The minimum Gasteiger partial charge on any atom is -0.368 e. The van der Waals surface area contributed by atoms with E-state index < -0.39 is 11.3 Å². The summed E-state index contributed by atoms with van der Waals surface area (Å²) in [6.07, 6.45) is 3.27. The van der Waals surface area contributed by atoms with Gasteiger partial charge >= 0.3 is 0 Å². The SMILES string of the molecule is CN1CCC(N2CCc3ccc(N(c4ccc(F)cc4)S(=O)O)cc32)CC1. The Morgan fingerprint density at radius 3 is 2.41 bits per heavy atom. The normalized spacial score (nSPS) is 19.1. The lowest BCUT2D eigenvalue weighted by Crippen LogP contribution is -2.43. The first kappa shape index (κ1) is 18.4. The minimum atomic E-state index is -2.24. The zero-order valence-electron chi connectivity index (χ0n) is 15.3. The van der Waals surface area contributed by atoms with Gasteiger partial charge in [0.25, 0.3) is 11.3 Å². The molecule has 2 aromatic rings. The maximum Gasteiger partial charge on any atom is 0.266 e. The maximum absolute atomic E-state index is 13.3. The summed E-state index contributed by atoms with van der Waals surface area (Å²) in [5.74, 6) is -0.371. The summed E-state index contributed by atoms with van der Waals surface area (Å²) in [7, 11) is 2.16. The summed E-state index contributed by atoms with van der Waals surface area (Å²) in [4.78, 5) is 4.81. The molecule has 1 fully saturated rings. The molecule has 0 aliphatic carbocycles. The largest absolute Gasteiger partial charge is 0.368 e. The third-order valence-corrected chi connectivity index (χ3v) is 6.32. The topological polar surface area (TPSA) is 47.0 Å². The van der Waals surface area contributed by atoms with Crippen LogP contribution in [0.15, 0.2) is 42.5 Å². The molecule has 2 heterocycles. The van der Waals surface area contributed by atoms with Crippen molar-refractivity contribution < 1.29 is 13.2 Å². The van der Waals surface area contributed by atoms with Gasteiger partial charge < -0.3 is 9.80 Å². The van der Waals surface area contributed by atoms with Crippen LogP contribution in [0.4, 0.5) is 21.5 Å². The summed E-state index contributed by atoms with van der Waals surface area (Å²) >= 11 is -2.24. The summed E-state index contributed by atoms with van der Waals surface area (Å²) in [6, 6.07) is 12.1. The fourth-order valence-corrected chi connectivity index (χ4v) is 4.71. The summed E-state index contributed by atoms with van der Waals surface area (Å²) in [5.41, 5.74) is 3.56. The van der Waals surface area contributed by atoms with Crippen molar-refractivity contribution >= 4 is 28.3 Å². The van der Waals surface area contributed by atoms with Crippen molar-refractivity contribution in [2.24, 2.45) is 0 Å². The van der Waals surface area contributed by atoms with E-state index in [2.05, 4.69) is 16.8 Å². The highest BCUT2D eigenvalue weighted by Crippen LogP contribution is 2.37. The summed E-state index contributed by atoms with van der Waals surface area (Å²) in [6.45, 7) is 3.18. The van der Waals surface area contributed by atoms with Gasteiger partial charge in [-0.15, -0.1) is 0 Å². The Bertz CT molecular complexity index is 838. The average Bonchev–Trinajstić information content (AvgIpc) is 3.07. The molecule has 1 N–H and O–H groups in total. The van der Waals surface area contributed by atoms with Gasteiger partial charge in [0.05, 0.1) is 11.4 Å². The molecule has 0 amide bonds. The molecule has 1 atom stereocenters. The van der Waals surface area contributed by atoms with E-state index in [9.17, 15) is 13.2 Å². The number of hydrogen-bond acceptors (Lipinski definition) is 3. The molecular formula is C20H24FN3O2S. The third-order valence-electron chi connectivity index (χ3n) is 5.58. The van der Waals surface area contributed by atoms with Crippen molar-refractivity contribution in [3.63, 3.8) is 0 Å². The lowest BCUT2D eigenvalue weighted by atomic mass is 10.0. The Kier molecular flexibility index (Phi) is 5.16. The minimum absolute atomic E-state index is 0.371. The Morgan fingerprint density at radius 1 is 1.07 bits per heavy atom. The molecule has 2 aromatic carbocycles. The first-order valence-electron chi connectivity index (χ1n) is 9.28. The van der Waals surface area contributed by atoms with Crippen LogP contribution in [0.1, 0.15) is 18.4 Å². The quantitative estimate of drug-likeness (QED) is 0.813. The lowest BCUT2D eigenvalue weighted by molar-refractivity contribution is 0.251.